The van der Waals surface area contributed by atoms with Gasteiger partial charge in [-0.25, -0.2) is 9.97 Å². The first-order chi connectivity index (χ1) is 9.90. The van der Waals surface area contributed by atoms with Crippen LogP contribution >= 0.6 is 22.9 Å². The van der Waals surface area contributed by atoms with E-state index < -0.39 is 0 Å². The summed E-state index contributed by atoms with van der Waals surface area (Å²) in [4.78, 5) is 11.3. The number of nitrogens with zero attached hydrogens (tertiary/aromatic N) is 2. The predicted octanol–water partition coefficient (Wildman–Crippen LogP) is 4.93. The monoisotopic (exact) mass is 323 g/mol. The van der Waals surface area contributed by atoms with Gasteiger partial charge in [0.15, 0.2) is 0 Å². The standard InChI is InChI=1S/C16H22ClN3S/c1-5-18-13-12-10-7-6-9(16(2,3)4)8-11(10)21-14(12)20-15(17)19-13/h9H,5-8H2,1-4H3,(H,18,19,20). The van der Waals surface area contributed by atoms with E-state index in [1.807, 2.05) is 0 Å². The lowest BCUT2D eigenvalue weighted by molar-refractivity contribution is 0.218. The second-order valence-electron chi connectivity index (χ2n) is 6.86. The zero-order valence-corrected chi connectivity index (χ0v) is 14.7. The molecule has 0 radical (unpaired) electrons. The second-order valence-corrected chi connectivity index (χ2v) is 8.28. The van der Waals surface area contributed by atoms with Gasteiger partial charge in [-0.05, 0) is 54.7 Å². The number of aromatic nitrogens is 2. The minimum Gasteiger partial charge on any atom is -0.370 e. The van der Waals surface area contributed by atoms with Crippen molar-refractivity contribution in [2.75, 3.05) is 11.9 Å². The fraction of sp³-hybridized carbons (Fsp3) is 0.625. The summed E-state index contributed by atoms with van der Waals surface area (Å²) in [6.45, 7) is 9.96. The second kappa shape index (κ2) is 5.40. The third-order valence-electron chi connectivity index (χ3n) is 4.45. The van der Waals surface area contributed by atoms with Crippen LogP contribution in [0.5, 0.6) is 0 Å². The first-order valence-corrected chi connectivity index (χ1v) is 8.81. The average Bonchev–Trinajstić information content (AvgIpc) is 2.74. The van der Waals surface area contributed by atoms with E-state index >= 15 is 0 Å². The van der Waals surface area contributed by atoms with Crippen molar-refractivity contribution >= 4 is 39.0 Å². The first-order valence-electron chi connectivity index (χ1n) is 7.61. The minimum atomic E-state index is 0.337. The topological polar surface area (TPSA) is 37.8 Å². The number of fused-ring (bicyclic) bond motifs is 3. The summed E-state index contributed by atoms with van der Waals surface area (Å²) in [5.41, 5.74) is 1.81. The van der Waals surface area contributed by atoms with Gasteiger partial charge in [-0.3, -0.25) is 0 Å². The number of thiophene rings is 1. The molecule has 114 valence electrons. The molecule has 1 aliphatic carbocycles. The molecule has 2 heterocycles. The minimum absolute atomic E-state index is 0.337. The van der Waals surface area contributed by atoms with E-state index in [9.17, 15) is 0 Å². The largest absolute Gasteiger partial charge is 0.370 e. The summed E-state index contributed by atoms with van der Waals surface area (Å²) in [7, 11) is 0. The Morgan fingerprint density at radius 3 is 2.76 bits per heavy atom. The molecule has 1 unspecified atom stereocenters. The Bertz CT molecular complexity index is 672. The Morgan fingerprint density at radius 2 is 2.10 bits per heavy atom. The number of aryl methyl sites for hydroxylation is 1. The average molecular weight is 324 g/mol. The van der Waals surface area contributed by atoms with Crippen LogP contribution in [0.1, 0.15) is 44.6 Å². The van der Waals surface area contributed by atoms with Crippen molar-refractivity contribution < 1.29 is 0 Å². The molecule has 0 aliphatic heterocycles. The van der Waals surface area contributed by atoms with Gasteiger partial charge >= 0.3 is 0 Å². The SMILES string of the molecule is CCNc1nc(Cl)nc2sc3c(c12)CCC(C(C)(C)C)C3. The van der Waals surface area contributed by atoms with Crippen molar-refractivity contribution in [2.45, 2.75) is 47.0 Å². The van der Waals surface area contributed by atoms with E-state index in [0.717, 1.165) is 36.0 Å². The predicted molar refractivity (Wildman–Crippen MR) is 91.6 cm³/mol. The molecule has 21 heavy (non-hydrogen) atoms. The lowest BCUT2D eigenvalue weighted by atomic mass is 9.72. The third kappa shape index (κ3) is 2.76. The van der Waals surface area contributed by atoms with Crippen LogP contribution in [-0.2, 0) is 12.8 Å². The summed E-state index contributed by atoms with van der Waals surface area (Å²) in [6, 6.07) is 0. The number of hydrogen-bond acceptors (Lipinski definition) is 4. The lowest BCUT2D eigenvalue weighted by Gasteiger charge is -2.33. The summed E-state index contributed by atoms with van der Waals surface area (Å²) >= 11 is 7.87. The Labute approximate surface area is 135 Å². The molecular weight excluding hydrogens is 302 g/mol. The van der Waals surface area contributed by atoms with Crippen LogP contribution in [0.15, 0.2) is 0 Å². The molecule has 0 saturated carbocycles. The molecule has 1 N–H and O–H groups in total. The van der Waals surface area contributed by atoms with E-state index in [-0.39, 0.29) is 0 Å². The fourth-order valence-corrected chi connectivity index (χ4v) is 4.70. The maximum Gasteiger partial charge on any atom is 0.225 e. The highest BCUT2D eigenvalue weighted by Gasteiger charge is 2.31. The smallest absolute Gasteiger partial charge is 0.225 e. The van der Waals surface area contributed by atoms with E-state index in [0.29, 0.717) is 10.7 Å². The highest BCUT2D eigenvalue weighted by atomic mass is 35.5. The van der Waals surface area contributed by atoms with Crippen molar-refractivity contribution in [3.8, 4) is 0 Å². The van der Waals surface area contributed by atoms with Gasteiger partial charge in [0.1, 0.15) is 10.6 Å². The van der Waals surface area contributed by atoms with E-state index in [1.165, 1.54) is 22.2 Å². The number of halogens is 1. The van der Waals surface area contributed by atoms with E-state index in [4.69, 9.17) is 11.6 Å². The Hall–Kier alpha value is -0.870. The molecule has 5 heteroatoms. The van der Waals surface area contributed by atoms with Gasteiger partial charge < -0.3 is 5.32 Å². The van der Waals surface area contributed by atoms with Gasteiger partial charge in [0.25, 0.3) is 0 Å². The fourth-order valence-electron chi connectivity index (χ4n) is 3.19. The van der Waals surface area contributed by atoms with Crippen LogP contribution in [0.3, 0.4) is 0 Å². The maximum atomic E-state index is 6.07. The normalized spacial score (nSPS) is 18.8. The van der Waals surface area contributed by atoms with Gasteiger partial charge in [-0.2, -0.15) is 0 Å². The van der Waals surface area contributed by atoms with Crippen LogP contribution in [0.2, 0.25) is 5.28 Å². The van der Waals surface area contributed by atoms with Crippen LogP contribution in [0.4, 0.5) is 5.82 Å². The van der Waals surface area contributed by atoms with Crippen LogP contribution in [-0.4, -0.2) is 16.5 Å². The van der Waals surface area contributed by atoms with Gasteiger partial charge in [0.05, 0.1) is 5.39 Å². The van der Waals surface area contributed by atoms with E-state index in [1.54, 1.807) is 11.3 Å². The summed E-state index contributed by atoms with van der Waals surface area (Å²) in [5.74, 6) is 1.64. The molecule has 0 spiro atoms. The van der Waals surface area contributed by atoms with Gasteiger partial charge in [0.2, 0.25) is 5.28 Å². The Kier molecular flexibility index (Phi) is 3.87. The van der Waals surface area contributed by atoms with Crippen LogP contribution < -0.4 is 5.32 Å². The Balaban J connectivity index is 2.09. The molecule has 0 aromatic carbocycles. The van der Waals surface area contributed by atoms with Gasteiger partial charge in [-0.1, -0.05) is 20.8 Å². The van der Waals surface area contributed by atoms with Crippen molar-refractivity contribution in [1.82, 2.24) is 9.97 Å². The molecule has 3 rings (SSSR count). The van der Waals surface area contributed by atoms with Gasteiger partial charge in [-0.15, -0.1) is 11.3 Å². The zero-order valence-electron chi connectivity index (χ0n) is 13.1. The molecule has 3 nitrogen and oxygen atoms in total. The maximum absolute atomic E-state index is 6.07. The molecule has 1 aliphatic rings. The Morgan fingerprint density at radius 1 is 1.33 bits per heavy atom. The zero-order chi connectivity index (χ0) is 15.2. The van der Waals surface area contributed by atoms with Crippen LogP contribution in [0.25, 0.3) is 10.2 Å². The van der Waals surface area contributed by atoms with Crippen molar-refractivity contribution in [3.05, 3.63) is 15.7 Å². The molecule has 2 aromatic heterocycles. The molecular formula is C16H22ClN3S. The molecule has 0 fully saturated rings. The summed E-state index contributed by atoms with van der Waals surface area (Å²) in [5, 5.41) is 4.88. The quantitative estimate of drug-likeness (QED) is 0.796. The van der Waals surface area contributed by atoms with E-state index in [2.05, 4.69) is 43.0 Å². The number of anilines is 1. The molecule has 0 saturated heterocycles. The van der Waals surface area contributed by atoms with Crippen molar-refractivity contribution in [2.24, 2.45) is 11.3 Å². The summed E-state index contributed by atoms with van der Waals surface area (Å²) in [6.07, 6.45) is 3.53. The number of rotatable bonds is 2. The third-order valence-corrected chi connectivity index (χ3v) is 5.77. The molecule has 1 atom stereocenters. The van der Waals surface area contributed by atoms with Gasteiger partial charge in [0, 0.05) is 11.4 Å². The first kappa shape index (κ1) is 15.0. The summed E-state index contributed by atoms with van der Waals surface area (Å²) < 4.78 is 0. The molecule has 0 amide bonds. The van der Waals surface area contributed by atoms with Crippen LogP contribution in [0, 0.1) is 11.3 Å². The molecule has 2 aromatic rings. The number of nitrogens with one attached hydrogen (secondary N) is 1. The number of hydrogen-bond donors (Lipinski definition) is 1. The van der Waals surface area contributed by atoms with Crippen molar-refractivity contribution in [3.63, 3.8) is 0 Å². The highest BCUT2D eigenvalue weighted by Crippen LogP contribution is 2.44. The molecule has 0 bridgehead atoms. The lowest BCUT2D eigenvalue weighted by Crippen LogP contribution is -2.26. The highest BCUT2D eigenvalue weighted by molar-refractivity contribution is 7.19. The van der Waals surface area contributed by atoms with Crippen molar-refractivity contribution in [1.29, 1.82) is 0 Å².